The quantitative estimate of drug-likeness (QED) is 0.836. The van der Waals surface area contributed by atoms with Crippen molar-refractivity contribution < 1.29 is 8.42 Å². The van der Waals surface area contributed by atoms with E-state index in [0.717, 1.165) is 17.8 Å². The summed E-state index contributed by atoms with van der Waals surface area (Å²) in [6, 6.07) is 0. The SMILES string of the molecule is Cc1ncc(S(=O)(=O)NCC(Cl)C2CC2)s1. The van der Waals surface area contributed by atoms with E-state index in [2.05, 4.69) is 9.71 Å². The van der Waals surface area contributed by atoms with Gasteiger partial charge in [0.25, 0.3) is 10.0 Å². The summed E-state index contributed by atoms with van der Waals surface area (Å²) >= 11 is 7.20. The predicted octanol–water partition coefficient (Wildman–Crippen LogP) is 1.75. The van der Waals surface area contributed by atoms with Crippen LogP contribution in [0, 0.1) is 12.8 Å². The maximum atomic E-state index is 11.8. The second-order valence-electron chi connectivity index (χ2n) is 3.90. The lowest BCUT2D eigenvalue weighted by Crippen LogP contribution is -2.30. The molecule has 2 rings (SSSR count). The average Bonchev–Trinajstić information content (AvgIpc) is 2.98. The van der Waals surface area contributed by atoms with Crippen LogP contribution in [0.1, 0.15) is 17.8 Å². The molecule has 1 saturated carbocycles. The monoisotopic (exact) mass is 280 g/mol. The number of hydrogen-bond donors (Lipinski definition) is 1. The standard InChI is InChI=1S/C9H13ClN2O2S2/c1-6-11-5-9(15-6)16(13,14)12-4-8(10)7-2-3-7/h5,7-8,12H,2-4H2,1H3. The molecule has 1 aliphatic carbocycles. The van der Waals surface area contributed by atoms with Gasteiger partial charge in [-0.2, -0.15) is 0 Å². The smallest absolute Gasteiger partial charge is 0.249 e. The number of alkyl halides is 1. The normalized spacial score (nSPS) is 18.6. The van der Waals surface area contributed by atoms with Crippen LogP contribution in [0.25, 0.3) is 0 Å². The largest absolute Gasteiger partial charge is 0.251 e. The summed E-state index contributed by atoms with van der Waals surface area (Å²) in [6.07, 6.45) is 3.59. The van der Waals surface area contributed by atoms with Crippen molar-refractivity contribution in [3.63, 3.8) is 0 Å². The molecule has 16 heavy (non-hydrogen) atoms. The van der Waals surface area contributed by atoms with Crippen molar-refractivity contribution in [1.29, 1.82) is 0 Å². The molecule has 0 aliphatic heterocycles. The third-order valence-electron chi connectivity index (χ3n) is 2.47. The molecule has 90 valence electrons. The fraction of sp³-hybridized carbons (Fsp3) is 0.667. The summed E-state index contributed by atoms with van der Waals surface area (Å²) in [5.41, 5.74) is 0. The number of nitrogens with one attached hydrogen (secondary N) is 1. The van der Waals surface area contributed by atoms with Crippen LogP contribution in [0.5, 0.6) is 0 Å². The van der Waals surface area contributed by atoms with Gasteiger partial charge >= 0.3 is 0 Å². The maximum Gasteiger partial charge on any atom is 0.251 e. The topological polar surface area (TPSA) is 59.1 Å². The number of aryl methyl sites for hydroxylation is 1. The van der Waals surface area contributed by atoms with E-state index in [1.807, 2.05) is 0 Å². The first-order valence-corrected chi connectivity index (χ1v) is 7.79. The fourth-order valence-corrected chi connectivity index (χ4v) is 3.98. The molecule has 1 atom stereocenters. The zero-order valence-corrected chi connectivity index (χ0v) is 11.2. The van der Waals surface area contributed by atoms with Gasteiger partial charge in [0.05, 0.1) is 11.2 Å². The van der Waals surface area contributed by atoms with Crippen LogP contribution in [0.2, 0.25) is 0 Å². The van der Waals surface area contributed by atoms with E-state index in [-0.39, 0.29) is 9.59 Å². The van der Waals surface area contributed by atoms with Crippen molar-refractivity contribution >= 4 is 33.0 Å². The van der Waals surface area contributed by atoms with E-state index in [9.17, 15) is 8.42 Å². The molecule has 0 saturated heterocycles. The van der Waals surface area contributed by atoms with Crippen molar-refractivity contribution in [1.82, 2.24) is 9.71 Å². The second kappa shape index (κ2) is 4.60. The highest BCUT2D eigenvalue weighted by atomic mass is 35.5. The van der Waals surface area contributed by atoms with Crippen molar-refractivity contribution in [2.45, 2.75) is 29.4 Å². The molecule has 1 aromatic rings. The zero-order valence-electron chi connectivity index (χ0n) is 8.81. The van der Waals surface area contributed by atoms with Gasteiger partial charge in [-0.25, -0.2) is 18.1 Å². The lowest BCUT2D eigenvalue weighted by Gasteiger charge is -2.08. The molecule has 0 amide bonds. The predicted molar refractivity (Wildman–Crippen MR) is 64.4 cm³/mol. The highest BCUT2D eigenvalue weighted by Crippen LogP contribution is 2.35. The Kier molecular flexibility index (Phi) is 3.53. The number of hydrogen-bond acceptors (Lipinski definition) is 4. The van der Waals surface area contributed by atoms with E-state index in [0.29, 0.717) is 12.5 Å². The van der Waals surface area contributed by atoms with Crippen molar-refractivity contribution in [3.8, 4) is 0 Å². The maximum absolute atomic E-state index is 11.8. The number of sulfonamides is 1. The van der Waals surface area contributed by atoms with E-state index in [1.165, 1.54) is 17.5 Å². The molecule has 1 unspecified atom stereocenters. The fourth-order valence-electron chi connectivity index (χ4n) is 1.35. The molecule has 1 aliphatic rings. The molecular weight excluding hydrogens is 268 g/mol. The molecule has 0 spiro atoms. The van der Waals surface area contributed by atoms with Crippen LogP contribution in [0.4, 0.5) is 0 Å². The van der Waals surface area contributed by atoms with Gasteiger partial charge in [0.1, 0.15) is 0 Å². The van der Waals surface area contributed by atoms with E-state index >= 15 is 0 Å². The molecular formula is C9H13ClN2O2S2. The molecule has 1 N–H and O–H groups in total. The molecule has 0 radical (unpaired) electrons. The van der Waals surface area contributed by atoms with Crippen LogP contribution in [0.15, 0.2) is 10.4 Å². The van der Waals surface area contributed by atoms with Crippen LogP contribution < -0.4 is 4.72 Å². The van der Waals surface area contributed by atoms with E-state index in [4.69, 9.17) is 11.6 Å². The first-order valence-electron chi connectivity index (χ1n) is 5.05. The molecule has 1 fully saturated rings. The van der Waals surface area contributed by atoms with Crippen molar-refractivity contribution in [2.75, 3.05) is 6.54 Å². The van der Waals surface area contributed by atoms with Gasteiger partial charge in [-0.1, -0.05) is 0 Å². The Hall–Kier alpha value is -0.170. The number of aromatic nitrogens is 1. The van der Waals surface area contributed by atoms with Gasteiger partial charge in [-0.15, -0.1) is 22.9 Å². The van der Waals surface area contributed by atoms with Gasteiger partial charge in [0.15, 0.2) is 4.21 Å². The van der Waals surface area contributed by atoms with Gasteiger partial charge in [0.2, 0.25) is 0 Å². The highest BCUT2D eigenvalue weighted by molar-refractivity contribution is 7.91. The van der Waals surface area contributed by atoms with E-state index < -0.39 is 10.0 Å². The van der Waals surface area contributed by atoms with Gasteiger partial charge in [-0.3, -0.25) is 0 Å². The summed E-state index contributed by atoms with van der Waals surface area (Å²) in [5.74, 6) is 0.479. The Morgan fingerprint density at radius 1 is 1.69 bits per heavy atom. The van der Waals surface area contributed by atoms with Gasteiger partial charge in [0, 0.05) is 11.9 Å². The lowest BCUT2D eigenvalue weighted by molar-refractivity contribution is 0.578. The van der Waals surface area contributed by atoms with Crippen molar-refractivity contribution in [3.05, 3.63) is 11.2 Å². The minimum Gasteiger partial charge on any atom is -0.249 e. The molecule has 4 nitrogen and oxygen atoms in total. The van der Waals surface area contributed by atoms with Gasteiger partial charge < -0.3 is 0 Å². The molecule has 7 heteroatoms. The number of thiazole rings is 1. The minimum absolute atomic E-state index is 0.0937. The molecule has 0 aromatic carbocycles. The average molecular weight is 281 g/mol. The summed E-state index contributed by atoms with van der Waals surface area (Å²) < 4.78 is 26.4. The highest BCUT2D eigenvalue weighted by Gasteiger charge is 2.30. The number of rotatable bonds is 5. The van der Waals surface area contributed by atoms with Crippen LogP contribution >= 0.6 is 22.9 Å². The van der Waals surface area contributed by atoms with Gasteiger partial charge in [-0.05, 0) is 25.7 Å². The van der Waals surface area contributed by atoms with E-state index in [1.54, 1.807) is 6.92 Å². The summed E-state index contributed by atoms with van der Waals surface area (Å²) in [5, 5.41) is 0.647. The zero-order chi connectivity index (χ0) is 11.8. The number of halogens is 1. The summed E-state index contributed by atoms with van der Waals surface area (Å²) in [4.78, 5) is 3.92. The summed E-state index contributed by atoms with van der Waals surface area (Å²) in [7, 11) is -3.42. The third-order valence-corrected chi connectivity index (χ3v) is 5.77. The first-order chi connectivity index (χ1) is 7.49. The Balaban J connectivity index is 1.97. The molecule has 0 bridgehead atoms. The van der Waals surface area contributed by atoms with Crippen LogP contribution in [-0.4, -0.2) is 25.3 Å². The molecule has 1 heterocycles. The van der Waals surface area contributed by atoms with Crippen LogP contribution in [0.3, 0.4) is 0 Å². The Morgan fingerprint density at radius 2 is 2.38 bits per heavy atom. The minimum atomic E-state index is -3.42. The second-order valence-corrected chi connectivity index (χ2v) is 7.69. The summed E-state index contributed by atoms with van der Waals surface area (Å²) in [6.45, 7) is 2.07. The Bertz CT molecular complexity index is 468. The molecule has 1 aromatic heterocycles. The van der Waals surface area contributed by atoms with Crippen molar-refractivity contribution in [2.24, 2.45) is 5.92 Å². The lowest BCUT2D eigenvalue weighted by atomic mass is 10.3. The van der Waals surface area contributed by atoms with Crippen LogP contribution in [-0.2, 0) is 10.0 Å². The number of nitrogens with zero attached hydrogens (tertiary/aromatic N) is 1. The third kappa shape index (κ3) is 2.94. The first kappa shape index (κ1) is 12.3. The Labute approximate surface area is 104 Å². The Morgan fingerprint density at radius 3 is 2.88 bits per heavy atom.